The summed E-state index contributed by atoms with van der Waals surface area (Å²) in [5, 5.41) is 13.3. The Labute approximate surface area is 71.1 Å². The Bertz CT molecular complexity index is 139. The van der Waals surface area contributed by atoms with E-state index in [1.54, 1.807) is 0 Å². The number of carbonyl (C=O) groups is 2. The Morgan fingerprint density at radius 3 is 2.58 bits per heavy atom. The van der Waals surface area contributed by atoms with E-state index >= 15 is 0 Å². The lowest BCUT2D eigenvalue weighted by molar-refractivity contribution is -0.123. The third kappa shape index (κ3) is 7.01. The van der Waals surface area contributed by atoms with Crippen LogP contribution in [0.25, 0.3) is 0 Å². The minimum Gasteiger partial charge on any atom is -0.387 e. The first-order valence-corrected chi connectivity index (χ1v) is 3.86. The molecule has 0 aromatic carbocycles. The van der Waals surface area contributed by atoms with Gasteiger partial charge in [-0.15, -0.1) is 0 Å². The number of amides is 2. The van der Waals surface area contributed by atoms with Gasteiger partial charge in [0.15, 0.2) is 0 Å². The van der Waals surface area contributed by atoms with Crippen LogP contribution in [0.15, 0.2) is 0 Å². The van der Waals surface area contributed by atoms with E-state index in [0.717, 1.165) is 12.8 Å². The summed E-state index contributed by atoms with van der Waals surface area (Å²) in [5.74, 6) is -0.363. The summed E-state index contributed by atoms with van der Waals surface area (Å²) in [5.41, 5.74) is 0. The largest absolute Gasteiger partial charge is 0.387 e. The summed E-state index contributed by atoms with van der Waals surface area (Å²) in [6.45, 7) is 0.699. The van der Waals surface area contributed by atoms with E-state index in [9.17, 15) is 9.59 Å². The molecule has 12 heavy (non-hydrogen) atoms. The van der Waals surface area contributed by atoms with E-state index in [0.29, 0.717) is 19.5 Å². The first-order valence-electron chi connectivity index (χ1n) is 3.86. The maximum Gasteiger partial charge on any atom is 0.245 e. The van der Waals surface area contributed by atoms with Crippen LogP contribution in [0.4, 0.5) is 0 Å². The van der Waals surface area contributed by atoms with Crippen LogP contribution in [0.5, 0.6) is 0 Å². The van der Waals surface area contributed by atoms with Gasteiger partial charge in [0.05, 0.1) is 0 Å². The van der Waals surface area contributed by atoms with Gasteiger partial charge in [-0.1, -0.05) is 0 Å². The van der Waals surface area contributed by atoms with Gasteiger partial charge < -0.3 is 15.7 Å². The maximum absolute atomic E-state index is 10.5. The fraction of sp³-hybridized carbons (Fsp3) is 0.714. The molecule has 0 heterocycles. The quantitative estimate of drug-likeness (QED) is 0.329. The van der Waals surface area contributed by atoms with Gasteiger partial charge in [-0.2, -0.15) is 0 Å². The molecule has 0 bridgehead atoms. The fourth-order valence-electron chi connectivity index (χ4n) is 0.695. The van der Waals surface area contributed by atoms with Gasteiger partial charge in [0.1, 0.15) is 6.61 Å². The molecule has 0 radical (unpaired) electrons. The fourth-order valence-corrected chi connectivity index (χ4v) is 0.695. The van der Waals surface area contributed by atoms with Gasteiger partial charge in [-0.05, 0) is 12.8 Å². The Kier molecular flexibility index (Phi) is 7.27. The molecule has 3 N–H and O–H groups in total. The van der Waals surface area contributed by atoms with Crippen LogP contribution in [0, 0.1) is 0 Å². The van der Waals surface area contributed by atoms with Crippen molar-refractivity contribution >= 4 is 12.3 Å². The van der Waals surface area contributed by atoms with E-state index in [4.69, 9.17) is 5.11 Å². The second kappa shape index (κ2) is 8.00. The van der Waals surface area contributed by atoms with Crippen molar-refractivity contribution in [2.45, 2.75) is 12.8 Å². The van der Waals surface area contributed by atoms with Crippen LogP contribution in [-0.4, -0.2) is 37.1 Å². The van der Waals surface area contributed by atoms with Crippen LogP contribution >= 0.6 is 0 Å². The zero-order chi connectivity index (χ0) is 9.23. The third-order valence-electron chi connectivity index (χ3n) is 1.30. The highest BCUT2D eigenvalue weighted by Crippen LogP contribution is 1.83. The molecule has 5 heteroatoms. The minimum atomic E-state index is -0.466. The number of unbranched alkanes of at least 4 members (excludes halogenated alkanes) is 1. The van der Waals surface area contributed by atoms with Gasteiger partial charge in [-0.3, -0.25) is 9.59 Å². The molecule has 0 unspecified atom stereocenters. The van der Waals surface area contributed by atoms with E-state index in [-0.39, 0.29) is 5.91 Å². The minimum absolute atomic E-state index is 0.363. The predicted octanol–water partition coefficient (Wildman–Crippen LogP) is -1.38. The van der Waals surface area contributed by atoms with Crippen LogP contribution < -0.4 is 10.6 Å². The van der Waals surface area contributed by atoms with Crippen LogP contribution in [0.2, 0.25) is 0 Å². The van der Waals surface area contributed by atoms with E-state index in [1.807, 2.05) is 0 Å². The summed E-state index contributed by atoms with van der Waals surface area (Å²) in [7, 11) is 0. The molecule has 0 aliphatic rings. The second-order valence-electron chi connectivity index (χ2n) is 2.29. The molecule has 2 amide bonds. The molecule has 0 saturated heterocycles. The number of hydrogen-bond donors (Lipinski definition) is 3. The molecule has 0 aliphatic heterocycles. The molecule has 0 saturated carbocycles. The smallest absolute Gasteiger partial charge is 0.245 e. The highest BCUT2D eigenvalue weighted by molar-refractivity contribution is 5.76. The normalized spacial score (nSPS) is 9.08. The molecule has 0 aromatic heterocycles. The van der Waals surface area contributed by atoms with Crippen molar-refractivity contribution in [3.05, 3.63) is 0 Å². The average molecular weight is 174 g/mol. The van der Waals surface area contributed by atoms with Crippen molar-refractivity contribution in [2.24, 2.45) is 0 Å². The highest BCUT2D eigenvalue weighted by atomic mass is 16.3. The van der Waals surface area contributed by atoms with Crippen molar-refractivity contribution in [1.29, 1.82) is 0 Å². The molecule has 5 nitrogen and oxygen atoms in total. The van der Waals surface area contributed by atoms with Crippen LogP contribution in [0.3, 0.4) is 0 Å². The monoisotopic (exact) mass is 174 g/mol. The van der Waals surface area contributed by atoms with Crippen molar-refractivity contribution in [3.8, 4) is 0 Å². The maximum atomic E-state index is 10.5. The summed E-state index contributed by atoms with van der Waals surface area (Å²) in [6.07, 6.45) is 2.27. The van der Waals surface area contributed by atoms with Crippen LogP contribution in [-0.2, 0) is 9.59 Å². The Morgan fingerprint density at radius 1 is 1.33 bits per heavy atom. The molecule has 0 fully saturated rings. The van der Waals surface area contributed by atoms with Crippen LogP contribution in [0.1, 0.15) is 12.8 Å². The topological polar surface area (TPSA) is 78.4 Å². The lowest BCUT2D eigenvalue weighted by atomic mass is 10.3. The summed E-state index contributed by atoms with van der Waals surface area (Å²) < 4.78 is 0. The van der Waals surface area contributed by atoms with Crippen molar-refractivity contribution in [3.63, 3.8) is 0 Å². The first kappa shape index (κ1) is 10.9. The zero-order valence-electron chi connectivity index (χ0n) is 6.88. The summed E-state index contributed by atoms with van der Waals surface area (Å²) in [6, 6.07) is 0. The average Bonchev–Trinajstić information content (AvgIpc) is 2.10. The molecule has 70 valence electrons. The Morgan fingerprint density at radius 2 is 2.00 bits per heavy atom. The molecule has 0 rings (SSSR count). The zero-order valence-corrected chi connectivity index (χ0v) is 6.88. The summed E-state index contributed by atoms with van der Waals surface area (Å²) in [4.78, 5) is 20.2. The molecule has 0 atom stereocenters. The number of aliphatic hydroxyl groups is 1. The molecule has 0 spiro atoms. The standard InChI is InChI=1S/C7H14N2O3/c10-5-7(12)9-4-2-1-3-8-6-11/h6,10H,1-5H2,(H,8,11)(H,9,12). The number of aliphatic hydroxyl groups excluding tert-OH is 1. The van der Waals surface area contributed by atoms with Gasteiger partial charge in [0, 0.05) is 13.1 Å². The molecule has 0 aliphatic carbocycles. The Hall–Kier alpha value is -1.10. The number of hydrogen-bond acceptors (Lipinski definition) is 3. The van der Waals surface area contributed by atoms with Crippen molar-refractivity contribution < 1.29 is 14.7 Å². The van der Waals surface area contributed by atoms with Crippen molar-refractivity contribution in [1.82, 2.24) is 10.6 Å². The van der Waals surface area contributed by atoms with Gasteiger partial charge >= 0.3 is 0 Å². The SMILES string of the molecule is O=CNCCCCNC(=O)CO. The number of carbonyl (C=O) groups excluding carboxylic acids is 2. The Balaban J connectivity index is 3.00. The second-order valence-corrected chi connectivity index (χ2v) is 2.29. The molecular weight excluding hydrogens is 160 g/mol. The van der Waals surface area contributed by atoms with Crippen molar-refractivity contribution in [2.75, 3.05) is 19.7 Å². The lowest BCUT2D eigenvalue weighted by Crippen LogP contribution is -2.27. The van der Waals surface area contributed by atoms with E-state index < -0.39 is 6.61 Å². The van der Waals surface area contributed by atoms with Gasteiger partial charge in [0.25, 0.3) is 0 Å². The summed E-state index contributed by atoms with van der Waals surface area (Å²) >= 11 is 0. The predicted molar refractivity (Wildman–Crippen MR) is 43.4 cm³/mol. The first-order chi connectivity index (χ1) is 5.81. The van der Waals surface area contributed by atoms with Gasteiger partial charge in [-0.25, -0.2) is 0 Å². The highest BCUT2D eigenvalue weighted by Gasteiger charge is 1.95. The van der Waals surface area contributed by atoms with E-state index in [2.05, 4.69) is 10.6 Å². The molecular formula is C7H14N2O3. The molecule has 0 aromatic rings. The van der Waals surface area contributed by atoms with E-state index in [1.165, 1.54) is 0 Å². The third-order valence-corrected chi connectivity index (χ3v) is 1.30. The van der Waals surface area contributed by atoms with Gasteiger partial charge in [0.2, 0.25) is 12.3 Å². The number of nitrogens with one attached hydrogen (secondary N) is 2. The number of rotatable bonds is 7. The lowest BCUT2D eigenvalue weighted by Gasteiger charge is -2.01.